The summed E-state index contributed by atoms with van der Waals surface area (Å²) >= 11 is 0. The maximum atomic E-state index is 13.0. The Bertz CT molecular complexity index is 1290. The summed E-state index contributed by atoms with van der Waals surface area (Å²) in [5.74, 6) is -0.634. The summed E-state index contributed by atoms with van der Waals surface area (Å²) < 4.78 is 0. The number of aryl methyl sites for hydroxylation is 1. The Kier molecular flexibility index (Phi) is 7.90. The van der Waals surface area contributed by atoms with Crippen LogP contribution in [0.5, 0.6) is 0 Å². The molecule has 1 aliphatic rings. The standard InChI is InChI=1S/C29H31N3O4/c1-3-27(35)32-16-14-20(15-17-32)30-28(26(34)18-33)24-12-13-25(23-11-7-6-10-22(23)24)31-29(36)21-9-5-4-8-19(21)2/h4-13,18,20,28,30H,3,14-17H2,1-2H3,(H,31,36). The fourth-order valence-electron chi connectivity index (χ4n) is 4.85. The average molecular weight is 486 g/mol. The number of benzene rings is 3. The lowest BCUT2D eigenvalue weighted by Crippen LogP contribution is -2.47. The van der Waals surface area contributed by atoms with E-state index in [4.69, 9.17) is 0 Å². The highest BCUT2D eigenvalue weighted by molar-refractivity contribution is 6.28. The lowest BCUT2D eigenvalue weighted by atomic mass is 9.93. The molecule has 1 atom stereocenters. The number of hydrogen-bond donors (Lipinski definition) is 2. The van der Waals surface area contributed by atoms with Gasteiger partial charge in [-0.3, -0.25) is 19.2 Å². The van der Waals surface area contributed by atoms with Gasteiger partial charge in [-0.2, -0.15) is 0 Å². The largest absolute Gasteiger partial charge is 0.343 e. The molecule has 1 aliphatic heterocycles. The van der Waals surface area contributed by atoms with Crippen molar-refractivity contribution in [2.24, 2.45) is 0 Å². The number of carbonyl (C=O) groups excluding carboxylic acids is 4. The van der Waals surface area contributed by atoms with E-state index in [9.17, 15) is 19.2 Å². The highest BCUT2D eigenvalue weighted by Gasteiger charge is 2.29. The first kappa shape index (κ1) is 25.3. The number of nitrogens with zero attached hydrogens (tertiary/aromatic N) is 1. The molecule has 7 nitrogen and oxygen atoms in total. The number of amides is 2. The fraction of sp³-hybridized carbons (Fsp3) is 0.310. The van der Waals surface area contributed by atoms with Gasteiger partial charge < -0.3 is 15.5 Å². The summed E-state index contributed by atoms with van der Waals surface area (Å²) in [5, 5.41) is 7.95. The number of rotatable bonds is 8. The summed E-state index contributed by atoms with van der Waals surface area (Å²) in [7, 11) is 0. The van der Waals surface area contributed by atoms with Crippen LogP contribution in [0.3, 0.4) is 0 Å². The van der Waals surface area contributed by atoms with Crippen LogP contribution in [0.1, 0.15) is 53.7 Å². The summed E-state index contributed by atoms with van der Waals surface area (Å²) in [6.07, 6.45) is 2.24. The number of ketones is 1. The fourth-order valence-corrected chi connectivity index (χ4v) is 4.85. The van der Waals surface area contributed by atoms with Crippen LogP contribution in [0.25, 0.3) is 10.8 Å². The molecule has 1 saturated heterocycles. The van der Waals surface area contributed by atoms with Crippen LogP contribution in [-0.2, 0) is 14.4 Å². The topological polar surface area (TPSA) is 95.6 Å². The van der Waals surface area contributed by atoms with Crippen molar-refractivity contribution in [3.63, 3.8) is 0 Å². The normalized spacial score (nSPS) is 14.9. The first-order valence-corrected chi connectivity index (χ1v) is 12.3. The van der Waals surface area contributed by atoms with E-state index < -0.39 is 11.8 Å². The van der Waals surface area contributed by atoms with Crippen molar-refractivity contribution in [2.45, 2.75) is 45.2 Å². The molecule has 0 saturated carbocycles. The van der Waals surface area contributed by atoms with Crippen molar-refractivity contribution in [1.29, 1.82) is 0 Å². The SMILES string of the molecule is CCC(=O)N1CCC(NC(C(=O)C=O)c2ccc(NC(=O)c3ccccc3C)c3ccccc23)CC1. The van der Waals surface area contributed by atoms with E-state index in [-0.39, 0.29) is 17.9 Å². The smallest absolute Gasteiger partial charge is 0.255 e. The minimum Gasteiger partial charge on any atom is -0.343 e. The number of nitrogens with one attached hydrogen (secondary N) is 2. The molecule has 0 spiro atoms. The van der Waals surface area contributed by atoms with E-state index in [1.807, 2.05) is 61.2 Å². The molecule has 0 radical (unpaired) electrons. The van der Waals surface area contributed by atoms with Crippen molar-refractivity contribution >= 4 is 40.3 Å². The van der Waals surface area contributed by atoms with Crippen LogP contribution in [0.4, 0.5) is 5.69 Å². The Morgan fingerprint density at radius 2 is 1.64 bits per heavy atom. The van der Waals surface area contributed by atoms with Crippen LogP contribution in [0.2, 0.25) is 0 Å². The number of fused-ring (bicyclic) bond motifs is 1. The van der Waals surface area contributed by atoms with Gasteiger partial charge in [0.25, 0.3) is 5.91 Å². The highest BCUT2D eigenvalue weighted by atomic mass is 16.2. The zero-order chi connectivity index (χ0) is 25.7. The van der Waals surface area contributed by atoms with Gasteiger partial charge in [-0.25, -0.2) is 0 Å². The molecule has 2 amide bonds. The summed E-state index contributed by atoms with van der Waals surface area (Å²) in [5.41, 5.74) is 2.78. The molecule has 7 heteroatoms. The van der Waals surface area contributed by atoms with E-state index in [0.29, 0.717) is 55.5 Å². The minimum absolute atomic E-state index is 0.000923. The van der Waals surface area contributed by atoms with Crippen LogP contribution in [0, 0.1) is 6.92 Å². The van der Waals surface area contributed by atoms with Gasteiger partial charge in [-0.1, -0.05) is 55.5 Å². The molecule has 0 aliphatic carbocycles. The Hall–Kier alpha value is -3.84. The second-order valence-electron chi connectivity index (χ2n) is 9.15. The number of likely N-dealkylation sites (tertiary alicyclic amines) is 1. The third-order valence-electron chi connectivity index (χ3n) is 6.86. The average Bonchev–Trinajstić information content (AvgIpc) is 2.91. The van der Waals surface area contributed by atoms with Gasteiger partial charge >= 0.3 is 0 Å². The molecule has 1 fully saturated rings. The van der Waals surface area contributed by atoms with Gasteiger partial charge in [-0.15, -0.1) is 0 Å². The molecule has 1 unspecified atom stereocenters. The first-order chi connectivity index (χ1) is 17.4. The van der Waals surface area contributed by atoms with Gasteiger partial charge in [0, 0.05) is 42.2 Å². The number of carbonyl (C=O) groups is 4. The Morgan fingerprint density at radius 1 is 0.972 bits per heavy atom. The Labute approximate surface area is 210 Å². The second-order valence-corrected chi connectivity index (χ2v) is 9.15. The third-order valence-corrected chi connectivity index (χ3v) is 6.86. The molecule has 0 aromatic heterocycles. The van der Waals surface area contributed by atoms with Crippen LogP contribution >= 0.6 is 0 Å². The van der Waals surface area contributed by atoms with Crippen molar-refractivity contribution in [1.82, 2.24) is 10.2 Å². The van der Waals surface area contributed by atoms with E-state index in [1.165, 1.54) is 0 Å². The molecule has 36 heavy (non-hydrogen) atoms. The maximum Gasteiger partial charge on any atom is 0.255 e. The van der Waals surface area contributed by atoms with Crippen LogP contribution in [-0.4, -0.2) is 47.9 Å². The lowest BCUT2D eigenvalue weighted by molar-refractivity contribution is -0.133. The van der Waals surface area contributed by atoms with Crippen molar-refractivity contribution < 1.29 is 19.2 Å². The quantitative estimate of drug-likeness (QED) is 0.368. The molecular formula is C29H31N3O4. The number of anilines is 1. The van der Waals surface area contributed by atoms with Gasteiger partial charge in [0.15, 0.2) is 6.29 Å². The Morgan fingerprint density at radius 3 is 2.31 bits per heavy atom. The maximum absolute atomic E-state index is 13.0. The molecule has 3 aromatic rings. The summed E-state index contributed by atoms with van der Waals surface area (Å²) in [6, 6.07) is 17.7. The van der Waals surface area contributed by atoms with E-state index in [2.05, 4.69) is 10.6 Å². The predicted octanol–water partition coefficient (Wildman–Crippen LogP) is 4.20. The molecule has 4 rings (SSSR count). The van der Waals surface area contributed by atoms with Crippen LogP contribution in [0.15, 0.2) is 60.7 Å². The molecule has 3 aromatic carbocycles. The predicted molar refractivity (Wildman–Crippen MR) is 140 cm³/mol. The highest BCUT2D eigenvalue weighted by Crippen LogP contribution is 2.32. The van der Waals surface area contributed by atoms with E-state index in [0.717, 1.165) is 16.3 Å². The molecular weight excluding hydrogens is 454 g/mol. The second kappa shape index (κ2) is 11.3. The zero-order valence-electron chi connectivity index (χ0n) is 20.6. The van der Waals surface area contributed by atoms with E-state index >= 15 is 0 Å². The van der Waals surface area contributed by atoms with Crippen molar-refractivity contribution in [3.05, 3.63) is 77.4 Å². The minimum atomic E-state index is -0.813. The zero-order valence-corrected chi connectivity index (χ0v) is 20.6. The summed E-state index contributed by atoms with van der Waals surface area (Å²) in [4.78, 5) is 51.2. The third kappa shape index (κ3) is 5.36. The van der Waals surface area contributed by atoms with E-state index in [1.54, 1.807) is 18.2 Å². The molecule has 1 heterocycles. The van der Waals surface area contributed by atoms with Crippen molar-refractivity contribution in [2.75, 3.05) is 18.4 Å². The van der Waals surface area contributed by atoms with Gasteiger partial charge in [0.2, 0.25) is 11.7 Å². The molecule has 2 N–H and O–H groups in total. The van der Waals surface area contributed by atoms with Crippen LogP contribution < -0.4 is 10.6 Å². The number of Topliss-reactive ketones (excluding diaryl/α,β-unsaturated/α-hetero) is 1. The number of piperidine rings is 1. The van der Waals surface area contributed by atoms with Crippen molar-refractivity contribution in [3.8, 4) is 0 Å². The monoisotopic (exact) mass is 485 g/mol. The first-order valence-electron chi connectivity index (χ1n) is 12.3. The lowest BCUT2D eigenvalue weighted by Gasteiger charge is -2.34. The molecule has 186 valence electrons. The molecule has 0 bridgehead atoms. The number of hydrogen-bond acceptors (Lipinski definition) is 5. The summed E-state index contributed by atoms with van der Waals surface area (Å²) in [6.45, 7) is 4.98. The Balaban J connectivity index is 1.62. The van der Waals surface area contributed by atoms with Gasteiger partial charge in [0.05, 0.1) is 0 Å². The number of aldehydes is 1. The van der Waals surface area contributed by atoms with Gasteiger partial charge in [-0.05, 0) is 48.4 Å². The van der Waals surface area contributed by atoms with Gasteiger partial charge in [0.1, 0.15) is 6.04 Å².